The number of rotatable bonds is 1. The van der Waals surface area contributed by atoms with Crippen molar-refractivity contribution in [2.75, 3.05) is 0 Å². The van der Waals surface area contributed by atoms with Gasteiger partial charge in [0.15, 0.2) is 0 Å². The van der Waals surface area contributed by atoms with Gasteiger partial charge in [-0.2, -0.15) is 0 Å². The fraction of sp³-hybridized carbons (Fsp3) is 0.455. The lowest BCUT2D eigenvalue weighted by atomic mass is 9.87. The largest absolute Gasteiger partial charge is 0.107 e. The fourth-order valence-corrected chi connectivity index (χ4v) is 1.48. The molecule has 0 spiro atoms. The summed E-state index contributed by atoms with van der Waals surface area (Å²) in [6.07, 6.45) is 11.2. The van der Waals surface area contributed by atoms with Crippen molar-refractivity contribution in [2.24, 2.45) is 11.8 Å². The second kappa shape index (κ2) is 5.57. The Bertz CT molecular complexity index is 211. The van der Waals surface area contributed by atoms with Crippen molar-refractivity contribution in [1.82, 2.24) is 0 Å². The van der Waals surface area contributed by atoms with E-state index in [1.54, 1.807) is 0 Å². The highest BCUT2D eigenvalue weighted by Crippen LogP contribution is 2.23. The van der Waals surface area contributed by atoms with Crippen molar-refractivity contribution in [3.8, 4) is 0 Å². The number of hydrogen-bond acceptors (Lipinski definition) is 0. The van der Waals surface area contributed by atoms with Crippen molar-refractivity contribution in [2.45, 2.75) is 20.8 Å². The van der Waals surface area contributed by atoms with E-state index in [9.17, 15) is 0 Å². The third kappa shape index (κ3) is 3.13. The monoisotopic (exact) mass is 276 g/mol. The highest BCUT2D eigenvalue weighted by atomic mass is 127. The molecule has 0 aliphatic heterocycles. The van der Waals surface area contributed by atoms with Gasteiger partial charge in [-0.15, -0.1) is 24.0 Å². The van der Waals surface area contributed by atoms with Gasteiger partial charge in [-0.05, 0) is 19.8 Å². The van der Waals surface area contributed by atoms with Gasteiger partial charge in [0.2, 0.25) is 0 Å². The van der Waals surface area contributed by atoms with Gasteiger partial charge in [-0.3, -0.25) is 0 Å². The van der Waals surface area contributed by atoms with Crippen molar-refractivity contribution < 1.29 is 0 Å². The topological polar surface area (TPSA) is 0 Å². The molecule has 0 amide bonds. The first kappa shape index (κ1) is 11.9. The molecule has 0 fully saturated rings. The lowest BCUT2D eigenvalue weighted by molar-refractivity contribution is 0.600. The van der Waals surface area contributed by atoms with E-state index in [0.29, 0.717) is 11.8 Å². The molecule has 68 valence electrons. The van der Waals surface area contributed by atoms with Gasteiger partial charge in [0.25, 0.3) is 0 Å². The average Bonchev–Trinajstić information content (AvgIpc) is 1.95. The summed E-state index contributed by atoms with van der Waals surface area (Å²) in [7, 11) is 0. The van der Waals surface area contributed by atoms with E-state index in [-0.39, 0.29) is 24.0 Å². The summed E-state index contributed by atoms with van der Waals surface area (Å²) in [6.45, 7) is 6.49. The van der Waals surface area contributed by atoms with Gasteiger partial charge in [0.1, 0.15) is 0 Å². The van der Waals surface area contributed by atoms with Crippen LogP contribution >= 0.6 is 24.0 Å². The molecule has 1 aliphatic rings. The van der Waals surface area contributed by atoms with Crippen LogP contribution in [0.2, 0.25) is 0 Å². The van der Waals surface area contributed by atoms with Gasteiger partial charge >= 0.3 is 0 Å². The van der Waals surface area contributed by atoms with E-state index < -0.39 is 0 Å². The zero-order chi connectivity index (χ0) is 8.27. The van der Waals surface area contributed by atoms with E-state index in [1.807, 2.05) is 0 Å². The van der Waals surface area contributed by atoms with E-state index in [4.69, 9.17) is 0 Å². The fourth-order valence-electron chi connectivity index (χ4n) is 1.48. The van der Waals surface area contributed by atoms with E-state index in [2.05, 4.69) is 51.2 Å². The van der Waals surface area contributed by atoms with Crippen LogP contribution in [0.1, 0.15) is 20.8 Å². The molecule has 1 heteroatoms. The maximum atomic E-state index is 2.32. The molecule has 0 nitrogen and oxygen atoms in total. The maximum Gasteiger partial charge on any atom is 0.00100 e. The van der Waals surface area contributed by atoms with Gasteiger partial charge < -0.3 is 0 Å². The van der Waals surface area contributed by atoms with E-state index in [0.717, 1.165) is 0 Å². The third-order valence-electron chi connectivity index (χ3n) is 2.13. The molecule has 1 rings (SSSR count). The lowest BCUT2D eigenvalue weighted by Gasteiger charge is -2.18. The molecule has 0 aromatic carbocycles. The molecule has 0 N–H and O–H groups in total. The normalized spacial score (nSPS) is 28.4. The molecule has 0 aromatic heterocycles. The van der Waals surface area contributed by atoms with Crippen LogP contribution in [0, 0.1) is 11.8 Å². The molecule has 2 atom stereocenters. The number of allylic oxidation sites excluding steroid dienone is 6. The SMILES string of the molecule is C/C=C\C1C=CC(C)=CC1C.I. The van der Waals surface area contributed by atoms with Crippen molar-refractivity contribution in [3.63, 3.8) is 0 Å². The van der Waals surface area contributed by atoms with E-state index >= 15 is 0 Å². The van der Waals surface area contributed by atoms with Crippen LogP contribution in [0.3, 0.4) is 0 Å². The van der Waals surface area contributed by atoms with Crippen LogP contribution in [0.25, 0.3) is 0 Å². The highest BCUT2D eigenvalue weighted by molar-refractivity contribution is 14.0. The highest BCUT2D eigenvalue weighted by Gasteiger charge is 2.11. The first-order valence-electron chi connectivity index (χ1n) is 4.23. The number of halogens is 1. The van der Waals surface area contributed by atoms with Gasteiger partial charge in [-0.1, -0.05) is 42.9 Å². The van der Waals surface area contributed by atoms with E-state index in [1.165, 1.54) is 5.57 Å². The van der Waals surface area contributed by atoms with Crippen LogP contribution in [-0.2, 0) is 0 Å². The second-order valence-corrected chi connectivity index (χ2v) is 3.23. The van der Waals surface area contributed by atoms with Crippen LogP contribution in [0.4, 0.5) is 0 Å². The Labute approximate surface area is 92.5 Å². The molecular weight excluding hydrogens is 259 g/mol. The van der Waals surface area contributed by atoms with Crippen LogP contribution in [0.5, 0.6) is 0 Å². The molecule has 1 aliphatic carbocycles. The minimum absolute atomic E-state index is 0. The summed E-state index contributed by atoms with van der Waals surface area (Å²) in [5.41, 5.74) is 1.39. The van der Waals surface area contributed by atoms with Gasteiger partial charge in [0, 0.05) is 5.92 Å². The molecule has 2 unspecified atom stereocenters. The zero-order valence-electron chi connectivity index (χ0n) is 7.95. The Kier molecular flexibility index (Phi) is 5.55. The van der Waals surface area contributed by atoms with Crippen molar-refractivity contribution in [3.05, 3.63) is 36.0 Å². The first-order valence-corrected chi connectivity index (χ1v) is 4.23. The van der Waals surface area contributed by atoms with Crippen LogP contribution < -0.4 is 0 Å². The third-order valence-corrected chi connectivity index (χ3v) is 2.13. The summed E-state index contributed by atoms with van der Waals surface area (Å²) < 4.78 is 0. The Morgan fingerprint density at radius 3 is 2.58 bits per heavy atom. The smallest absolute Gasteiger partial charge is 0.00100 e. The summed E-state index contributed by atoms with van der Waals surface area (Å²) in [6, 6.07) is 0. The Hall–Kier alpha value is -0.0500. The quantitative estimate of drug-likeness (QED) is 0.502. The van der Waals surface area contributed by atoms with Crippen molar-refractivity contribution >= 4 is 24.0 Å². The summed E-state index contributed by atoms with van der Waals surface area (Å²) in [4.78, 5) is 0. The molecule has 0 saturated carbocycles. The lowest BCUT2D eigenvalue weighted by Crippen LogP contribution is -2.07. The zero-order valence-corrected chi connectivity index (χ0v) is 10.3. The standard InChI is InChI=1S/C11H16.HI/c1-4-5-11-7-6-9(2)8-10(11)3;/h4-8,10-11H,1-3H3;1H/b5-4-;. The van der Waals surface area contributed by atoms with Crippen molar-refractivity contribution in [1.29, 1.82) is 0 Å². The molecule has 0 aromatic rings. The first-order chi connectivity index (χ1) is 5.24. The summed E-state index contributed by atoms with van der Waals surface area (Å²) >= 11 is 0. The Morgan fingerprint density at radius 1 is 1.42 bits per heavy atom. The molecule has 12 heavy (non-hydrogen) atoms. The second-order valence-electron chi connectivity index (χ2n) is 3.23. The molecular formula is C11H17I. The minimum Gasteiger partial charge on any atom is -0.107 e. The Morgan fingerprint density at radius 2 is 2.08 bits per heavy atom. The minimum atomic E-state index is 0. The summed E-state index contributed by atoms with van der Waals surface area (Å²) in [5, 5.41) is 0. The molecule has 0 bridgehead atoms. The predicted molar refractivity (Wildman–Crippen MR) is 65.8 cm³/mol. The summed E-state index contributed by atoms with van der Waals surface area (Å²) in [5.74, 6) is 1.28. The molecule has 0 radical (unpaired) electrons. The molecule has 0 heterocycles. The average molecular weight is 276 g/mol. The predicted octanol–water partition coefficient (Wildman–Crippen LogP) is 3.95. The Balaban J connectivity index is 0.00000121. The van der Waals surface area contributed by atoms with Crippen LogP contribution in [-0.4, -0.2) is 0 Å². The van der Waals surface area contributed by atoms with Crippen LogP contribution in [0.15, 0.2) is 36.0 Å². The maximum absolute atomic E-state index is 2.32. The number of hydrogen-bond donors (Lipinski definition) is 0. The van der Waals surface area contributed by atoms with Gasteiger partial charge in [0.05, 0.1) is 0 Å². The molecule has 0 saturated heterocycles. The van der Waals surface area contributed by atoms with Gasteiger partial charge in [-0.25, -0.2) is 0 Å².